The molecule has 1 aliphatic heterocycles. The van der Waals surface area contributed by atoms with Crippen molar-refractivity contribution < 1.29 is 19.2 Å². The zero-order valence-corrected chi connectivity index (χ0v) is 12.1. The average Bonchev–Trinajstić information content (AvgIpc) is 3.16. The molecule has 0 N–H and O–H groups in total. The number of carbonyl (C=O) groups is 3. The standard InChI is InChI=1S/C14H13N5O4/c20-12-4-5-13(21)19(12)23-14(22)6-8-18-9-11(16-17-18)10-3-1-2-7-15-10/h1-3,7,9H,4-6,8H2. The van der Waals surface area contributed by atoms with E-state index < -0.39 is 17.8 Å². The summed E-state index contributed by atoms with van der Waals surface area (Å²) in [5.74, 6) is -1.67. The third-order valence-corrected chi connectivity index (χ3v) is 3.21. The molecular formula is C14H13N5O4. The Balaban J connectivity index is 1.54. The smallest absolute Gasteiger partial charge is 0.330 e. The molecule has 1 saturated heterocycles. The van der Waals surface area contributed by atoms with Gasteiger partial charge in [-0.3, -0.25) is 19.3 Å². The molecule has 0 atom stereocenters. The molecule has 23 heavy (non-hydrogen) atoms. The molecule has 0 aromatic carbocycles. The summed E-state index contributed by atoms with van der Waals surface area (Å²) in [5, 5.41) is 8.40. The second-order valence-corrected chi connectivity index (χ2v) is 4.88. The maximum Gasteiger partial charge on any atom is 0.335 e. The molecule has 3 heterocycles. The van der Waals surface area contributed by atoms with Crippen LogP contribution >= 0.6 is 0 Å². The number of aromatic nitrogens is 4. The van der Waals surface area contributed by atoms with Crippen LogP contribution in [0.3, 0.4) is 0 Å². The third kappa shape index (κ3) is 3.39. The molecule has 0 aliphatic carbocycles. The molecule has 0 bridgehead atoms. The Bertz CT molecular complexity index is 727. The minimum atomic E-state index is -0.677. The normalized spacial score (nSPS) is 14.3. The lowest BCUT2D eigenvalue weighted by Crippen LogP contribution is -2.32. The summed E-state index contributed by atoms with van der Waals surface area (Å²) >= 11 is 0. The first-order valence-corrected chi connectivity index (χ1v) is 7.01. The van der Waals surface area contributed by atoms with Crippen LogP contribution in [0.15, 0.2) is 30.6 Å². The Morgan fingerprint density at radius 1 is 1.17 bits per heavy atom. The second kappa shape index (κ2) is 6.34. The van der Waals surface area contributed by atoms with Gasteiger partial charge in [0, 0.05) is 19.0 Å². The molecule has 9 heteroatoms. The number of nitrogens with zero attached hydrogens (tertiary/aromatic N) is 5. The summed E-state index contributed by atoms with van der Waals surface area (Å²) in [5.41, 5.74) is 1.26. The van der Waals surface area contributed by atoms with Gasteiger partial charge in [-0.15, -0.1) is 10.2 Å². The number of amides is 2. The topological polar surface area (TPSA) is 107 Å². The van der Waals surface area contributed by atoms with Crippen molar-refractivity contribution in [3.63, 3.8) is 0 Å². The van der Waals surface area contributed by atoms with Crippen molar-refractivity contribution in [1.82, 2.24) is 25.0 Å². The quantitative estimate of drug-likeness (QED) is 0.732. The highest BCUT2D eigenvalue weighted by Crippen LogP contribution is 2.14. The molecule has 0 saturated carbocycles. The highest BCUT2D eigenvalue weighted by molar-refractivity contribution is 6.01. The van der Waals surface area contributed by atoms with E-state index in [2.05, 4.69) is 15.3 Å². The van der Waals surface area contributed by atoms with E-state index in [-0.39, 0.29) is 25.8 Å². The lowest BCUT2D eigenvalue weighted by molar-refractivity contribution is -0.197. The van der Waals surface area contributed by atoms with E-state index in [9.17, 15) is 14.4 Å². The van der Waals surface area contributed by atoms with Crippen LogP contribution in [0.5, 0.6) is 0 Å². The Morgan fingerprint density at radius 2 is 1.96 bits per heavy atom. The molecule has 2 aromatic heterocycles. The summed E-state index contributed by atoms with van der Waals surface area (Å²) in [7, 11) is 0. The van der Waals surface area contributed by atoms with Crippen LogP contribution in [0.25, 0.3) is 11.4 Å². The first kappa shape index (κ1) is 14.8. The fraction of sp³-hybridized carbons (Fsp3) is 0.286. The molecule has 2 aromatic rings. The lowest BCUT2D eigenvalue weighted by atomic mass is 10.3. The summed E-state index contributed by atoms with van der Waals surface area (Å²) in [4.78, 5) is 43.3. The van der Waals surface area contributed by atoms with E-state index in [1.165, 1.54) is 4.68 Å². The molecule has 0 spiro atoms. The monoisotopic (exact) mass is 315 g/mol. The van der Waals surface area contributed by atoms with Gasteiger partial charge in [0.05, 0.1) is 24.9 Å². The van der Waals surface area contributed by atoms with E-state index >= 15 is 0 Å². The number of hydrogen-bond donors (Lipinski definition) is 0. The molecule has 0 unspecified atom stereocenters. The van der Waals surface area contributed by atoms with E-state index in [1.807, 2.05) is 6.07 Å². The predicted octanol–water partition coefficient (Wildman–Crippen LogP) is 0.337. The fourth-order valence-electron chi connectivity index (χ4n) is 2.05. The minimum absolute atomic E-state index is 0.0396. The Kier molecular flexibility index (Phi) is 4.09. The van der Waals surface area contributed by atoms with Crippen molar-refractivity contribution in [3.8, 4) is 11.4 Å². The molecule has 118 valence electrons. The SMILES string of the molecule is O=C(CCn1cc(-c2ccccn2)nn1)ON1C(=O)CCC1=O. The number of rotatable bonds is 5. The van der Waals surface area contributed by atoms with Gasteiger partial charge in [0.1, 0.15) is 5.69 Å². The van der Waals surface area contributed by atoms with Crippen LogP contribution in [0.1, 0.15) is 19.3 Å². The fourth-order valence-corrected chi connectivity index (χ4v) is 2.05. The maximum atomic E-state index is 11.7. The number of aryl methyl sites for hydroxylation is 1. The first-order chi connectivity index (χ1) is 11.1. The number of carbonyl (C=O) groups excluding carboxylic acids is 3. The van der Waals surface area contributed by atoms with E-state index in [0.717, 1.165) is 0 Å². The zero-order chi connectivity index (χ0) is 16.2. The van der Waals surface area contributed by atoms with Crippen LogP contribution in [0.2, 0.25) is 0 Å². The summed E-state index contributed by atoms with van der Waals surface area (Å²) in [6.07, 6.45) is 3.41. The van der Waals surface area contributed by atoms with Crippen LogP contribution in [-0.4, -0.2) is 42.8 Å². The van der Waals surface area contributed by atoms with Gasteiger partial charge in [-0.25, -0.2) is 4.79 Å². The van der Waals surface area contributed by atoms with Gasteiger partial charge in [-0.1, -0.05) is 11.3 Å². The van der Waals surface area contributed by atoms with Gasteiger partial charge < -0.3 is 4.84 Å². The van der Waals surface area contributed by atoms with Gasteiger partial charge in [0.25, 0.3) is 11.8 Å². The Hall–Kier alpha value is -3.10. The Labute approximate surface area is 130 Å². The van der Waals surface area contributed by atoms with E-state index in [1.54, 1.807) is 24.5 Å². The van der Waals surface area contributed by atoms with Crippen molar-refractivity contribution in [2.24, 2.45) is 0 Å². The van der Waals surface area contributed by atoms with Crippen LogP contribution in [0, 0.1) is 0 Å². The van der Waals surface area contributed by atoms with Crippen LogP contribution in [0.4, 0.5) is 0 Å². The highest BCUT2D eigenvalue weighted by Gasteiger charge is 2.32. The number of pyridine rings is 1. The van der Waals surface area contributed by atoms with E-state index in [0.29, 0.717) is 16.5 Å². The maximum absolute atomic E-state index is 11.7. The van der Waals surface area contributed by atoms with Crippen LogP contribution in [-0.2, 0) is 25.8 Å². The average molecular weight is 315 g/mol. The van der Waals surface area contributed by atoms with Crippen molar-refractivity contribution in [3.05, 3.63) is 30.6 Å². The van der Waals surface area contributed by atoms with Gasteiger partial charge >= 0.3 is 5.97 Å². The molecule has 0 radical (unpaired) electrons. The highest BCUT2D eigenvalue weighted by atomic mass is 16.7. The second-order valence-electron chi connectivity index (χ2n) is 4.88. The van der Waals surface area contributed by atoms with Crippen molar-refractivity contribution in [2.75, 3.05) is 0 Å². The van der Waals surface area contributed by atoms with Gasteiger partial charge in [0.2, 0.25) is 0 Å². The molecular weight excluding hydrogens is 302 g/mol. The van der Waals surface area contributed by atoms with Gasteiger partial charge in [-0.2, -0.15) is 0 Å². The number of hydroxylamine groups is 2. The summed E-state index contributed by atoms with van der Waals surface area (Å²) < 4.78 is 1.47. The van der Waals surface area contributed by atoms with Crippen molar-refractivity contribution in [2.45, 2.75) is 25.8 Å². The lowest BCUT2D eigenvalue weighted by Gasteiger charge is -2.12. The number of imide groups is 1. The third-order valence-electron chi connectivity index (χ3n) is 3.21. The molecule has 1 aliphatic rings. The van der Waals surface area contributed by atoms with Gasteiger partial charge in [-0.05, 0) is 12.1 Å². The predicted molar refractivity (Wildman–Crippen MR) is 75.0 cm³/mol. The van der Waals surface area contributed by atoms with Gasteiger partial charge in [0.15, 0.2) is 0 Å². The first-order valence-electron chi connectivity index (χ1n) is 7.01. The van der Waals surface area contributed by atoms with Crippen molar-refractivity contribution in [1.29, 1.82) is 0 Å². The Morgan fingerprint density at radius 3 is 2.65 bits per heavy atom. The molecule has 2 amide bonds. The number of hydrogen-bond acceptors (Lipinski definition) is 7. The zero-order valence-electron chi connectivity index (χ0n) is 12.1. The van der Waals surface area contributed by atoms with E-state index in [4.69, 9.17) is 4.84 Å². The minimum Gasteiger partial charge on any atom is -0.330 e. The largest absolute Gasteiger partial charge is 0.335 e. The van der Waals surface area contributed by atoms with Crippen LogP contribution < -0.4 is 0 Å². The molecule has 1 fully saturated rings. The molecule has 3 rings (SSSR count). The summed E-state index contributed by atoms with van der Waals surface area (Å²) in [6.45, 7) is 0.217. The molecule has 9 nitrogen and oxygen atoms in total. The van der Waals surface area contributed by atoms with Crippen molar-refractivity contribution >= 4 is 17.8 Å². The summed E-state index contributed by atoms with van der Waals surface area (Å²) in [6, 6.07) is 5.43.